The molecule has 15 heavy (non-hydrogen) atoms. The molecule has 3 nitrogen and oxygen atoms in total. The molecule has 0 unspecified atom stereocenters. The first-order chi connectivity index (χ1) is 7.22. The first-order valence-corrected chi connectivity index (χ1v) is 5.52. The highest BCUT2D eigenvalue weighted by molar-refractivity contribution is 9.10. The molecule has 0 amide bonds. The number of ether oxygens (including phenoxy) is 1. The van der Waals surface area contributed by atoms with Crippen LogP contribution in [-0.4, -0.2) is 18.3 Å². The van der Waals surface area contributed by atoms with Gasteiger partial charge in [0, 0.05) is 10.0 Å². The molecule has 0 saturated carbocycles. The van der Waals surface area contributed by atoms with Crippen molar-refractivity contribution >= 4 is 27.6 Å². The molecule has 1 heterocycles. The molecular formula is C11H10BrNO2. The Morgan fingerprint density at radius 1 is 1.60 bits per heavy atom. The van der Waals surface area contributed by atoms with Crippen LogP contribution in [0, 0.1) is 0 Å². The standard InChI is InChI=1S/C11H10BrNO2/c1-2-15-11(14)10-9-4-3-8(12)5-7(9)6-13-10/h3-5H,2,6H2,1H3. The number of halogens is 1. The summed E-state index contributed by atoms with van der Waals surface area (Å²) in [6.45, 7) is 2.72. The monoisotopic (exact) mass is 267 g/mol. The van der Waals surface area contributed by atoms with E-state index in [-0.39, 0.29) is 5.97 Å². The molecule has 1 aliphatic heterocycles. The Balaban J connectivity index is 2.31. The van der Waals surface area contributed by atoms with Gasteiger partial charge in [-0.2, -0.15) is 0 Å². The summed E-state index contributed by atoms with van der Waals surface area (Å²) in [5.74, 6) is -0.335. The van der Waals surface area contributed by atoms with E-state index in [1.54, 1.807) is 6.92 Å². The zero-order valence-electron chi connectivity index (χ0n) is 8.29. The molecule has 0 fully saturated rings. The van der Waals surface area contributed by atoms with E-state index in [0.717, 1.165) is 15.6 Å². The molecule has 0 radical (unpaired) electrons. The molecule has 0 saturated heterocycles. The van der Waals surface area contributed by atoms with Crippen LogP contribution in [0.15, 0.2) is 27.7 Å². The van der Waals surface area contributed by atoms with Gasteiger partial charge in [0.05, 0.1) is 13.2 Å². The minimum Gasteiger partial charge on any atom is -0.461 e. The van der Waals surface area contributed by atoms with Crippen LogP contribution in [-0.2, 0) is 16.1 Å². The van der Waals surface area contributed by atoms with Gasteiger partial charge in [0.2, 0.25) is 0 Å². The Kier molecular flexibility index (Phi) is 2.86. The lowest BCUT2D eigenvalue weighted by atomic mass is 10.1. The van der Waals surface area contributed by atoms with E-state index in [9.17, 15) is 4.79 Å². The van der Waals surface area contributed by atoms with E-state index >= 15 is 0 Å². The van der Waals surface area contributed by atoms with Crippen molar-refractivity contribution in [1.29, 1.82) is 0 Å². The SMILES string of the molecule is CCOC(=O)C1=NCc2cc(Br)ccc21. The Morgan fingerprint density at radius 3 is 3.13 bits per heavy atom. The number of rotatable bonds is 2. The van der Waals surface area contributed by atoms with E-state index in [1.165, 1.54) is 0 Å². The number of carbonyl (C=O) groups excluding carboxylic acids is 1. The summed E-state index contributed by atoms with van der Waals surface area (Å²) < 4.78 is 5.93. The van der Waals surface area contributed by atoms with E-state index in [2.05, 4.69) is 20.9 Å². The number of carbonyl (C=O) groups is 1. The number of hydrogen-bond acceptors (Lipinski definition) is 3. The van der Waals surface area contributed by atoms with E-state index in [1.807, 2.05) is 18.2 Å². The van der Waals surface area contributed by atoms with Gasteiger partial charge in [-0.3, -0.25) is 4.99 Å². The van der Waals surface area contributed by atoms with Crippen LogP contribution in [0.5, 0.6) is 0 Å². The van der Waals surface area contributed by atoms with Crippen LogP contribution >= 0.6 is 15.9 Å². The maximum absolute atomic E-state index is 11.5. The van der Waals surface area contributed by atoms with E-state index in [4.69, 9.17) is 4.74 Å². The summed E-state index contributed by atoms with van der Waals surface area (Å²) >= 11 is 3.39. The molecule has 1 aromatic rings. The van der Waals surface area contributed by atoms with Gasteiger partial charge in [-0.1, -0.05) is 22.0 Å². The minimum atomic E-state index is -0.335. The third-order valence-corrected chi connectivity index (χ3v) is 2.69. The highest BCUT2D eigenvalue weighted by atomic mass is 79.9. The molecule has 4 heteroatoms. The highest BCUT2D eigenvalue weighted by Crippen LogP contribution is 2.23. The Hall–Kier alpha value is -1.16. The second-order valence-corrected chi connectivity index (χ2v) is 4.10. The molecule has 0 bridgehead atoms. The summed E-state index contributed by atoms with van der Waals surface area (Å²) in [6, 6.07) is 5.77. The summed E-state index contributed by atoms with van der Waals surface area (Å²) in [6.07, 6.45) is 0. The van der Waals surface area contributed by atoms with Gasteiger partial charge < -0.3 is 4.74 Å². The van der Waals surface area contributed by atoms with Crippen molar-refractivity contribution in [3.63, 3.8) is 0 Å². The number of esters is 1. The van der Waals surface area contributed by atoms with E-state index in [0.29, 0.717) is 18.9 Å². The lowest BCUT2D eigenvalue weighted by Gasteiger charge is -2.03. The van der Waals surface area contributed by atoms with Crippen LogP contribution in [0.2, 0.25) is 0 Å². The predicted molar refractivity (Wildman–Crippen MR) is 61.0 cm³/mol. The number of hydrogen-bond donors (Lipinski definition) is 0. The van der Waals surface area contributed by atoms with Crippen LogP contribution in [0.1, 0.15) is 18.1 Å². The molecule has 0 spiro atoms. The molecule has 2 rings (SSSR count). The second kappa shape index (κ2) is 4.14. The van der Waals surface area contributed by atoms with Crippen LogP contribution < -0.4 is 0 Å². The maximum atomic E-state index is 11.5. The quantitative estimate of drug-likeness (QED) is 0.772. The lowest BCUT2D eigenvalue weighted by Crippen LogP contribution is -2.17. The van der Waals surface area contributed by atoms with E-state index < -0.39 is 0 Å². The zero-order valence-corrected chi connectivity index (χ0v) is 9.87. The summed E-state index contributed by atoms with van der Waals surface area (Å²) in [5, 5.41) is 0. The average molecular weight is 268 g/mol. The van der Waals surface area contributed by atoms with Gasteiger partial charge in [0.1, 0.15) is 0 Å². The van der Waals surface area contributed by atoms with Gasteiger partial charge >= 0.3 is 5.97 Å². The van der Waals surface area contributed by atoms with Gasteiger partial charge in [0.25, 0.3) is 0 Å². The Morgan fingerprint density at radius 2 is 2.40 bits per heavy atom. The van der Waals surface area contributed by atoms with Crippen molar-refractivity contribution in [2.75, 3.05) is 6.61 Å². The largest absolute Gasteiger partial charge is 0.461 e. The average Bonchev–Trinajstić information content (AvgIpc) is 2.60. The number of aliphatic imine (C=N–C) groups is 1. The van der Waals surface area contributed by atoms with Crippen LogP contribution in [0.3, 0.4) is 0 Å². The molecule has 1 aromatic carbocycles. The fraction of sp³-hybridized carbons (Fsp3) is 0.273. The third kappa shape index (κ3) is 1.95. The highest BCUT2D eigenvalue weighted by Gasteiger charge is 2.22. The second-order valence-electron chi connectivity index (χ2n) is 3.19. The number of fused-ring (bicyclic) bond motifs is 1. The van der Waals surface area contributed by atoms with Crippen molar-refractivity contribution in [3.05, 3.63) is 33.8 Å². The Bertz CT molecular complexity index is 440. The van der Waals surface area contributed by atoms with Crippen molar-refractivity contribution in [3.8, 4) is 0 Å². The first-order valence-electron chi connectivity index (χ1n) is 4.72. The van der Waals surface area contributed by atoms with Gasteiger partial charge in [-0.25, -0.2) is 4.79 Å². The van der Waals surface area contributed by atoms with Crippen LogP contribution in [0.25, 0.3) is 0 Å². The van der Waals surface area contributed by atoms with Crippen molar-refractivity contribution in [2.24, 2.45) is 4.99 Å². The topological polar surface area (TPSA) is 38.7 Å². The van der Waals surface area contributed by atoms with Gasteiger partial charge in [-0.15, -0.1) is 0 Å². The van der Waals surface area contributed by atoms with Crippen molar-refractivity contribution < 1.29 is 9.53 Å². The van der Waals surface area contributed by atoms with Crippen molar-refractivity contribution in [2.45, 2.75) is 13.5 Å². The smallest absolute Gasteiger partial charge is 0.357 e. The molecule has 78 valence electrons. The molecule has 0 N–H and O–H groups in total. The molecule has 0 aliphatic carbocycles. The lowest BCUT2D eigenvalue weighted by molar-refractivity contribution is -0.134. The fourth-order valence-corrected chi connectivity index (χ4v) is 1.96. The zero-order chi connectivity index (χ0) is 10.8. The number of nitrogens with zero attached hydrogens (tertiary/aromatic N) is 1. The summed E-state index contributed by atoms with van der Waals surface area (Å²) in [7, 11) is 0. The maximum Gasteiger partial charge on any atom is 0.357 e. The number of benzene rings is 1. The van der Waals surface area contributed by atoms with Crippen molar-refractivity contribution in [1.82, 2.24) is 0 Å². The fourth-order valence-electron chi connectivity index (χ4n) is 1.55. The third-order valence-electron chi connectivity index (χ3n) is 2.20. The van der Waals surface area contributed by atoms with Gasteiger partial charge in [-0.05, 0) is 24.6 Å². The molecule has 0 atom stereocenters. The normalized spacial score (nSPS) is 13.3. The van der Waals surface area contributed by atoms with Crippen LogP contribution in [0.4, 0.5) is 0 Å². The predicted octanol–water partition coefficient (Wildman–Crippen LogP) is 2.31. The summed E-state index contributed by atoms with van der Waals surface area (Å²) in [4.78, 5) is 15.7. The minimum absolute atomic E-state index is 0.335. The molecular weight excluding hydrogens is 258 g/mol. The summed E-state index contributed by atoms with van der Waals surface area (Å²) in [5.41, 5.74) is 2.39. The first kappa shape index (κ1) is 10.4. The van der Waals surface area contributed by atoms with Gasteiger partial charge in [0.15, 0.2) is 5.71 Å². The Labute approximate surface area is 96.3 Å². The molecule has 1 aliphatic rings. The molecule has 0 aromatic heterocycles.